The SMILES string of the molecule is CO[SiH](CCCCCc1cc(F)c(F)c(F)c1)OC. The van der Waals surface area contributed by atoms with E-state index in [1.54, 1.807) is 14.2 Å². The molecule has 0 aliphatic rings. The zero-order chi connectivity index (χ0) is 14.3. The number of hydrogen-bond donors (Lipinski definition) is 0. The van der Waals surface area contributed by atoms with Crippen molar-refractivity contribution in [3.05, 3.63) is 35.1 Å². The van der Waals surface area contributed by atoms with Crippen LogP contribution in [0.2, 0.25) is 6.04 Å². The third-order valence-corrected chi connectivity index (χ3v) is 4.91. The van der Waals surface area contributed by atoms with Gasteiger partial charge in [0.05, 0.1) is 0 Å². The molecule has 0 saturated heterocycles. The molecule has 1 aromatic rings. The molecule has 0 atom stereocenters. The quantitative estimate of drug-likeness (QED) is 0.416. The van der Waals surface area contributed by atoms with Gasteiger partial charge in [-0.15, -0.1) is 0 Å². The van der Waals surface area contributed by atoms with Crippen molar-refractivity contribution in [3.63, 3.8) is 0 Å². The third-order valence-electron chi connectivity index (χ3n) is 2.97. The highest BCUT2D eigenvalue weighted by molar-refractivity contribution is 6.44. The van der Waals surface area contributed by atoms with Gasteiger partial charge in [0, 0.05) is 14.2 Å². The Balaban J connectivity index is 2.30. The molecule has 0 N–H and O–H groups in total. The van der Waals surface area contributed by atoms with Crippen LogP contribution in [0.25, 0.3) is 0 Å². The Morgan fingerprint density at radius 2 is 1.53 bits per heavy atom. The molecule has 0 spiro atoms. The monoisotopic (exact) mass is 292 g/mol. The number of benzene rings is 1. The Labute approximate surface area is 113 Å². The van der Waals surface area contributed by atoms with Crippen molar-refractivity contribution in [1.29, 1.82) is 0 Å². The largest absolute Gasteiger partial charge is 0.400 e. The number of aryl methyl sites for hydroxylation is 1. The summed E-state index contributed by atoms with van der Waals surface area (Å²) in [4.78, 5) is 0. The van der Waals surface area contributed by atoms with Crippen LogP contribution in [0.5, 0.6) is 0 Å². The predicted octanol–water partition coefficient (Wildman–Crippen LogP) is 3.33. The number of halogens is 3. The molecule has 0 heterocycles. The maximum Gasteiger partial charge on any atom is 0.320 e. The van der Waals surface area contributed by atoms with Gasteiger partial charge in [-0.05, 0) is 36.6 Å². The highest BCUT2D eigenvalue weighted by atomic mass is 28.3. The second kappa shape index (κ2) is 8.34. The van der Waals surface area contributed by atoms with Gasteiger partial charge in [-0.25, -0.2) is 13.2 Å². The Hall–Kier alpha value is -0.853. The molecule has 0 fully saturated rings. The third kappa shape index (κ3) is 5.34. The van der Waals surface area contributed by atoms with E-state index in [1.807, 2.05) is 0 Å². The predicted molar refractivity (Wildman–Crippen MR) is 69.8 cm³/mol. The first kappa shape index (κ1) is 16.2. The zero-order valence-electron chi connectivity index (χ0n) is 11.2. The highest BCUT2D eigenvalue weighted by Crippen LogP contribution is 2.16. The molecular weight excluding hydrogens is 273 g/mol. The van der Waals surface area contributed by atoms with Crippen LogP contribution in [0, 0.1) is 17.5 Å². The minimum absolute atomic E-state index is 0.490. The average molecular weight is 292 g/mol. The summed E-state index contributed by atoms with van der Waals surface area (Å²) >= 11 is 0. The van der Waals surface area contributed by atoms with E-state index in [9.17, 15) is 13.2 Å². The van der Waals surface area contributed by atoms with Crippen molar-refractivity contribution in [2.45, 2.75) is 31.7 Å². The van der Waals surface area contributed by atoms with Crippen LogP contribution < -0.4 is 0 Å². The topological polar surface area (TPSA) is 18.5 Å². The molecule has 0 aliphatic heterocycles. The maximum absolute atomic E-state index is 13.0. The van der Waals surface area contributed by atoms with Gasteiger partial charge < -0.3 is 8.85 Å². The van der Waals surface area contributed by atoms with Gasteiger partial charge in [0.15, 0.2) is 17.5 Å². The summed E-state index contributed by atoms with van der Waals surface area (Å²) in [6.45, 7) is 0. The Bertz CT molecular complexity index is 374. The summed E-state index contributed by atoms with van der Waals surface area (Å²) in [5.41, 5.74) is 0.490. The molecule has 1 aromatic carbocycles. The van der Waals surface area contributed by atoms with Crippen molar-refractivity contribution in [3.8, 4) is 0 Å². The van der Waals surface area contributed by atoms with Crippen LogP contribution in [0.15, 0.2) is 12.1 Å². The Morgan fingerprint density at radius 3 is 2.05 bits per heavy atom. The smallest absolute Gasteiger partial charge is 0.320 e. The number of hydrogen-bond acceptors (Lipinski definition) is 2. The molecular formula is C13H19F3O2Si. The van der Waals surface area contributed by atoms with E-state index < -0.39 is 26.7 Å². The lowest BCUT2D eigenvalue weighted by Gasteiger charge is -2.10. The highest BCUT2D eigenvalue weighted by Gasteiger charge is 2.11. The standard InChI is InChI=1S/C13H19F3O2Si/c1-17-19(18-2)7-5-3-4-6-10-8-11(14)13(16)12(15)9-10/h8-9,19H,3-7H2,1-2H3. The first-order valence-corrected chi connectivity index (χ1v) is 8.03. The van der Waals surface area contributed by atoms with Gasteiger partial charge >= 0.3 is 9.28 Å². The van der Waals surface area contributed by atoms with E-state index >= 15 is 0 Å². The average Bonchev–Trinajstić information content (AvgIpc) is 2.40. The molecule has 0 radical (unpaired) electrons. The fraction of sp³-hybridized carbons (Fsp3) is 0.538. The molecule has 1 rings (SSSR count). The van der Waals surface area contributed by atoms with E-state index in [0.29, 0.717) is 12.0 Å². The van der Waals surface area contributed by atoms with Crippen molar-refractivity contribution in [1.82, 2.24) is 0 Å². The van der Waals surface area contributed by atoms with Crippen LogP contribution >= 0.6 is 0 Å². The molecule has 0 aliphatic carbocycles. The first-order chi connectivity index (χ1) is 9.08. The van der Waals surface area contributed by atoms with Gasteiger partial charge in [-0.3, -0.25) is 0 Å². The normalized spacial score (nSPS) is 11.3. The molecule has 0 amide bonds. The first-order valence-electron chi connectivity index (χ1n) is 6.27. The Kier molecular flexibility index (Phi) is 7.12. The molecule has 6 heteroatoms. The van der Waals surface area contributed by atoms with Crippen molar-refractivity contribution < 1.29 is 22.0 Å². The van der Waals surface area contributed by atoms with Crippen LogP contribution in [0.1, 0.15) is 24.8 Å². The van der Waals surface area contributed by atoms with Crippen LogP contribution in [0.4, 0.5) is 13.2 Å². The van der Waals surface area contributed by atoms with Crippen LogP contribution in [-0.4, -0.2) is 23.5 Å². The van der Waals surface area contributed by atoms with E-state index in [0.717, 1.165) is 37.4 Å². The minimum Gasteiger partial charge on any atom is -0.400 e. The summed E-state index contributed by atoms with van der Waals surface area (Å²) in [7, 11) is 1.79. The lowest BCUT2D eigenvalue weighted by molar-refractivity contribution is 0.276. The lowest BCUT2D eigenvalue weighted by Crippen LogP contribution is -2.18. The molecule has 0 saturated carbocycles. The molecule has 0 bridgehead atoms. The maximum atomic E-state index is 13.0. The summed E-state index contributed by atoms with van der Waals surface area (Å²) in [5, 5.41) is 0. The van der Waals surface area contributed by atoms with Gasteiger partial charge in [0.2, 0.25) is 0 Å². The van der Waals surface area contributed by atoms with Gasteiger partial charge in [-0.1, -0.05) is 12.8 Å². The summed E-state index contributed by atoms with van der Waals surface area (Å²) in [6, 6.07) is 3.03. The molecule has 0 aromatic heterocycles. The molecule has 2 nitrogen and oxygen atoms in total. The number of unbranched alkanes of at least 4 members (excludes halogenated alkanes) is 2. The summed E-state index contributed by atoms with van der Waals surface area (Å²) < 4.78 is 49.1. The molecule has 0 unspecified atom stereocenters. The van der Waals surface area contributed by atoms with Crippen molar-refractivity contribution in [2.75, 3.05) is 14.2 Å². The minimum atomic E-state index is -1.50. The van der Waals surface area contributed by atoms with Gasteiger partial charge in [0.1, 0.15) is 0 Å². The van der Waals surface area contributed by atoms with E-state index in [-0.39, 0.29) is 0 Å². The van der Waals surface area contributed by atoms with Crippen molar-refractivity contribution in [2.24, 2.45) is 0 Å². The summed E-state index contributed by atoms with van der Waals surface area (Å²) in [6.07, 6.45) is 3.24. The van der Waals surface area contributed by atoms with Crippen LogP contribution in [-0.2, 0) is 15.3 Å². The number of rotatable bonds is 8. The van der Waals surface area contributed by atoms with Crippen molar-refractivity contribution >= 4 is 9.28 Å². The van der Waals surface area contributed by atoms with Crippen LogP contribution in [0.3, 0.4) is 0 Å². The lowest BCUT2D eigenvalue weighted by atomic mass is 10.1. The van der Waals surface area contributed by atoms with E-state index in [4.69, 9.17) is 8.85 Å². The second-order valence-corrected chi connectivity index (χ2v) is 6.75. The van der Waals surface area contributed by atoms with E-state index in [2.05, 4.69) is 0 Å². The Morgan fingerprint density at radius 1 is 0.947 bits per heavy atom. The fourth-order valence-electron chi connectivity index (χ4n) is 1.90. The van der Waals surface area contributed by atoms with E-state index in [1.165, 1.54) is 0 Å². The zero-order valence-corrected chi connectivity index (χ0v) is 12.4. The summed E-state index contributed by atoms with van der Waals surface area (Å²) in [5.74, 6) is -3.65. The molecule has 19 heavy (non-hydrogen) atoms. The molecule has 108 valence electrons. The van der Waals surface area contributed by atoms with Gasteiger partial charge in [-0.2, -0.15) is 0 Å². The second-order valence-electron chi connectivity index (χ2n) is 4.37. The fourth-order valence-corrected chi connectivity index (χ4v) is 3.19. The van der Waals surface area contributed by atoms with Gasteiger partial charge in [0.25, 0.3) is 0 Å².